The standard InChI is InChI=1S/C3H5N4/c1-4-3-5-2-6-7-3/h2H,1H3,(H,5,6,7). The Morgan fingerprint density at radius 2 is 2.71 bits per heavy atom. The van der Waals surface area contributed by atoms with Gasteiger partial charge in [0.1, 0.15) is 6.33 Å². The van der Waals surface area contributed by atoms with Crippen molar-refractivity contribution < 1.29 is 0 Å². The number of aromatic nitrogens is 3. The average molecular weight is 97.1 g/mol. The fraction of sp³-hybridized carbons (Fsp3) is 0.333. The molecule has 1 rings (SSSR count). The Morgan fingerprint density at radius 1 is 1.86 bits per heavy atom. The molecular formula is C3H5N4. The highest BCUT2D eigenvalue weighted by Gasteiger charge is 1.84. The first-order chi connectivity index (χ1) is 3.43. The van der Waals surface area contributed by atoms with Crippen LogP contribution >= 0.6 is 0 Å². The van der Waals surface area contributed by atoms with Gasteiger partial charge in [-0.05, 0) is 0 Å². The van der Waals surface area contributed by atoms with Gasteiger partial charge < -0.3 is 4.98 Å². The summed E-state index contributed by atoms with van der Waals surface area (Å²) in [5, 5.41) is 10.8. The van der Waals surface area contributed by atoms with E-state index in [0.717, 1.165) is 0 Å². The second-order valence-corrected chi connectivity index (χ2v) is 1.04. The maximum absolute atomic E-state index is 3.70. The highest BCUT2D eigenvalue weighted by molar-refractivity contribution is 5.04. The molecule has 0 atom stereocenters. The van der Waals surface area contributed by atoms with E-state index in [-0.39, 0.29) is 0 Å². The van der Waals surface area contributed by atoms with Gasteiger partial charge in [0.15, 0.2) is 0 Å². The van der Waals surface area contributed by atoms with Gasteiger partial charge in [0.05, 0.1) is 0 Å². The average Bonchev–Trinajstić information content (AvgIpc) is 2.14. The van der Waals surface area contributed by atoms with Crippen LogP contribution in [0, 0.1) is 0 Å². The van der Waals surface area contributed by atoms with Crippen LogP contribution in [0.2, 0.25) is 0 Å². The first kappa shape index (κ1) is 4.11. The molecule has 0 aliphatic heterocycles. The zero-order valence-corrected chi connectivity index (χ0v) is 3.92. The van der Waals surface area contributed by atoms with Crippen LogP contribution in [0.25, 0.3) is 0 Å². The van der Waals surface area contributed by atoms with Gasteiger partial charge in [-0.3, -0.25) is 5.32 Å². The molecule has 0 amide bonds. The molecule has 0 aliphatic rings. The summed E-state index contributed by atoms with van der Waals surface area (Å²) >= 11 is 0. The van der Waals surface area contributed by atoms with Gasteiger partial charge in [0, 0.05) is 7.05 Å². The molecule has 0 fully saturated rings. The molecule has 0 unspecified atom stereocenters. The highest BCUT2D eigenvalue weighted by Crippen LogP contribution is 1.86. The summed E-state index contributed by atoms with van der Waals surface area (Å²) in [6.07, 6.45) is 1.49. The maximum atomic E-state index is 3.70. The van der Waals surface area contributed by atoms with E-state index in [1.807, 2.05) is 0 Å². The summed E-state index contributed by atoms with van der Waals surface area (Å²) in [7, 11) is 1.65. The number of nitrogens with zero attached hydrogens (tertiary/aromatic N) is 3. The number of hydrogen-bond donors (Lipinski definition) is 1. The van der Waals surface area contributed by atoms with Crippen LogP contribution in [-0.4, -0.2) is 22.2 Å². The Morgan fingerprint density at radius 3 is 3.00 bits per heavy atom. The third kappa shape index (κ3) is 0.677. The van der Waals surface area contributed by atoms with E-state index in [4.69, 9.17) is 0 Å². The van der Waals surface area contributed by atoms with Crippen molar-refractivity contribution in [2.24, 2.45) is 0 Å². The number of rotatable bonds is 1. The van der Waals surface area contributed by atoms with Crippen molar-refractivity contribution in [3.8, 4) is 0 Å². The monoisotopic (exact) mass is 97.1 g/mol. The van der Waals surface area contributed by atoms with Gasteiger partial charge in [-0.1, -0.05) is 0 Å². The Balaban J connectivity index is 2.76. The summed E-state index contributed by atoms with van der Waals surface area (Å²) in [5.41, 5.74) is 0. The van der Waals surface area contributed by atoms with E-state index >= 15 is 0 Å². The Kier molecular flexibility index (Phi) is 0.934. The Hall–Kier alpha value is -1.06. The number of hydrogen-bond acceptors (Lipinski definition) is 2. The second-order valence-electron chi connectivity index (χ2n) is 1.04. The molecule has 0 aliphatic carbocycles. The van der Waals surface area contributed by atoms with E-state index in [1.54, 1.807) is 7.05 Å². The van der Waals surface area contributed by atoms with Gasteiger partial charge in [-0.2, -0.15) is 0 Å². The Bertz CT molecular complexity index is 121. The maximum Gasteiger partial charge on any atom is 0.243 e. The van der Waals surface area contributed by atoms with Gasteiger partial charge in [-0.25, -0.2) is 0 Å². The molecule has 0 aromatic carbocycles. The van der Waals surface area contributed by atoms with E-state index in [0.29, 0.717) is 5.95 Å². The van der Waals surface area contributed by atoms with Crippen molar-refractivity contribution in [3.63, 3.8) is 0 Å². The summed E-state index contributed by atoms with van der Waals surface area (Å²) in [4.78, 5) is 2.70. The summed E-state index contributed by atoms with van der Waals surface area (Å²) in [6, 6.07) is 0. The zero-order chi connectivity index (χ0) is 5.11. The molecule has 37 valence electrons. The molecule has 1 N–H and O–H groups in total. The third-order valence-electron chi connectivity index (χ3n) is 0.616. The zero-order valence-electron chi connectivity index (χ0n) is 3.92. The number of H-pyrrole nitrogens is 1. The minimum atomic E-state index is 0.569. The predicted molar refractivity (Wildman–Crippen MR) is 24.1 cm³/mol. The fourth-order valence-corrected chi connectivity index (χ4v) is 0.308. The largest absolute Gasteiger partial charge is 0.312 e. The van der Waals surface area contributed by atoms with Crippen molar-refractivity contribution in [1.82, 2.24) is 20.5 Å². The van der Waals surface area contributed by atoms with Gasteiger partial charge >= 0.3 is 0 Å². The van der Waals surface area contributed by atoms with Crippen LogP contribution in [0.3, 0.4) is 0 Å². The summed E-state index contributed by atoms with van der Waals surface area (Å²) in [6.45, 7) is 0. The molecule has 1 radical (unpaired) electrons. The molecule has 0 saturated carbocycles. The third-order valence-corrected chi connectivity index (χ3v) is 0.616. The van der Waals surface area contributed by atoms with Crippen LogP contribution in [0.15, 0.2) is 6.33 Å². The van der Waals surface area contributed by atoms with Crippen LogP contribution in [-0.2, 0) is 0 Å². The predicted octanol–water partition coefficient (Wildman–Crippen LogP) is -0.330. The molecule has 0 saturated heterocycles. The van der Waals surface area contributed by atoms with Crippen LogP contribution in [0.5, 0.6) is 0 Å². The summed E-state index contributed by atoms with van der Waals surface area (Å²) < 4.78 is 0. The molecule has 7 heavy (non-hydrogen) atoms. The van der Waals surface area contributed by atoms with Crippen LogP contribution < -0.4 is 5.32 Å². The normalized spacial score (nSPS) is 8.71. The van der Waals surface area contributed by atoms with E-state index < -0.39 is 0 Å². The summed E-state index contributed by atoms with van der Waals surface area (Å²) in [5.74, 6) is 0.569. The SMILES string of the molecule is C[N]c1nnc[nH]1. The highest BCUT2D eigenvalue weighted by atomic mass is 15.3. The number of nitrogens with one attached hydrogen (secondary N) is 1. The molecular weight excluding hydrogens is 92.1 g/mol. The number of aromatic amines is 1. The molecule has 1 aromatic heterocycles. The van der Waals surface area contributed by atoms with E-state index in [9.17, 15) is 0 Å². The van der Waals surface area contributed by atoms with Gasteiger partial charge in [0.25, 0.3) is 0 Å². The van der Waals surface area contributed by atoms with Crippen molar-refractivity contribution in [1.29, 1.82) is 0 Å². The van der Waals surface area contributed by atoms with E-state index in [1.165, 1.54) is 6.33 Å². The van der Waals surface area contributed by atoms with Gasteiger partial charge in [0.2, 0.25) is 5.95 Å². The molecule has 0 spiro atoms. The van der Waals surface area contributed by atoms with E-state index in [2.05, 4.69) is 20.5 Å². The quantitative estimate of drug-likeness (QED) is 0.521. The topological polar surface area (TPSA) is 55.7 Å². The Labute approximate surface area is 41.0 Å². The molecule has 1 heterocycles. The molecule has 1 aromatic rings. The lowest BCUT2D eigenvalue weighted by Gasteiger charge is -1.79. The van der Waals surface area contributed by atoms with Crippen molar-refractivity contribution in [2.45, 2.75) is 0 Å². The second kappa shape index (κ2) is 1.59. The lowest BCUT2D eigenvalue weighted by molar-refractivity contribution is 0.960. The first-order valence-corrected chi connectivity index (χ1v) is 1.89. The van der Waals surface area contributed by atoms with Crippen LogP contribution in [0.4, 0.5) is 5.95 Å². The first-order valence-electron chi connectivity index (χ1n) is 1.89. The van der Waals surface area contributed by atoms with Crippen molar-refractivity contribution in [3.05, 3.63) is 6.33 Å². The smallest absolute Gasteiger partial charge is 0.243 e. The van der Waals surface area contributed by atoms with Crippen molar-refractivity contribution in [2.75, 3.05) is 7.05 Å². The minimum Gasteiger partial charge on any atom is -0.312 e. The molecule has 4 heteroatoms. The van der Waals surface area contributed by atoms with Crippen molar-refractivity contribution >= 4 is 5.95 Å². The van der Waals surface area contributed by atoms with Crippen LogP contribution in [0.1, 0.15) is 0 Å². The lowest BCUT2D eigenvalue weighted by atomic mass is 11.0. The van der Waals surface area contributed by atoms with Gasteiger partial charge in [-0.15, -0.1) is 10.2 Å². The molecule has 4 nitrogen and oxygen atoms in total. The lowest BCUT2D eigenvalue weighted by Crippen LogP contribution is -1.86. The minimum absolute atomic E-state index is 0.569. The fourth-order valence-electron chi connectivity index (χ4n) is 0.308. The molecule has 0 bridgehead atoms.